The average Bonchev–Trinajstić information content (AvgIpc) is 2.03. The standard InChI is InChI=1S/C9H6ClFO/c10-5-1-2-7-3-4-8(11)6-9(7)12/h3-4,6,12H,5H2. The third kappa shape index (κ3) is 2.14. The fourth-order valence-electron chi connectivity index (χ4n) is 0.739. The summed E-state index contributed by atoms with van der Waals surface area (Å²) in [6.07, 6.45) is 0. The molecule has 3 heteroatoms. The molecule has 0 aliphatic carbocycles. The van der Waals surface area contributed by atoms with Gasteiger partial charge in [0.05, 0.1) is 11.4 Å². The van der Waals surface area contributed by atoms with Crippen LogP contribution in [0.5, 0.6) is 5.75 Å². The van der Waals surface area contributed by atoms with Gasteiger partial charge in [0.15, 0.2) is 0 Å². The molecule has 0 saturated heterocycles. The highest BCUT2D eigenvalue weighted by Crippen LogP contribution is 2.16. The van der Waals surface area contributed by atoms with Crippen molar-refractivity contribution in [2.24, 2.45) is 0 Å². The molecule has 1 rings (SSSR count). The first-order valence-electron chi connectivity index (χ1n) is 3.27. The molecule has 0 atom stereocenters. The molecule has 0 fully saturated rings. The van der Waals surface area contributed by atoms with Gasteiger partial charge >= 0.3 is 0 Å². The van der Waals surface area contributed by atoms with Crippen LogP contribution in [0.3, 0.4) is 0 Å². The van der Waals surface area contributed by atoms with E-state index in [-0.39, 0.29) is 11.6 Å². The number of benzene rings is 1. The Morgan fingerprint density at radius 3 is 2.83 bits per heavy atom. The summed E-state index contributed by atoms with van der Waals surface area (Å²) in [5.41, 5.74) is 0.386. The second kappa shape index (κ2) is 3.99. The van der Waals surface area contributed by atoms with Crippen LogP contribution in [0.1, 0.15) is 5.56 Å². The van der Waals surface area contributed by atoms with Crippen LogP contribution in [0.15, 0.2) is 18.2 Å². The topological polar surface area (TPSA) is 20.2 Å². The Hall–Kier alpha value is -1.20. The zero-order valence-electron chi connectivity index (χ0n) is 6.14. The molecule has 62 valence electrons. The van der Waals surface area contributed by atoms with Crippen molar-refractivity contribution in [1.29, 1.82) is 0 Å². The Labute approximate surface area is 74.8 Å². The number of phenols is 1. The largest absolute Gasteiger partial charge is 0.507 e. The Bertz CT molecular complexity index is 338. The van der Waals surface area contributed by atoms with Crippen molar-refractivity contribution < 1.29 is 9.50 Å². The molecule has 0 amide bonds. The van der Waals surface area contributed by atoms with E-state index in [1.165, 1.54) is 12.1 Å². The highest BCUT2D eigenvalue weighted by molar-refractivity contribution is 6.19. The van der Waals surface area contributed by atoms with Gasteiger partial charge in [-0.05, 0) is 12.1 Å². The SMILES string of the molecule is Oc1cc(F)ccc1C#CCCl. The summed E-state index contributed by atoms with van der Waals surface area (Å²) in [4.78, 5) is 0. The summed E-state index contributed by atoms with van der Waals surface area (Å²) in [5.74, 6) is 4.70. The quantitative estimate of drug-likeness (QED) is 0.484. The second-order valence-electron chi connectivity index (χ2n) is 2.10. The maximum absolute atomic E-state index is 12.4. The summed E-state index contributed by atoms with van der Waals surface area (Å²) in [6.45, 7) is 0. The van der Waals surface area contributed by atoms with Gasteiger partial charge in [0.2, 0.25) is 0 Å². The van der Waals surface area contributed by atoms with Crippen LogP contribution in [0.2, 0.25) is 0 Å². The van der Waals surface area contributed by atoms with Gasteiger partial charge in [-0.3, -0.25) is 0 Å². The van der Waals surface area contributed by atoms with Crippen molar-refractivity contribution in [3.05, 3.63) is 29.6 Å². The van der Waals surface area contributed by atoms with Gasteiger partial charge in [0.1, 0.15) is 11.6 Å². The van der Waals surface area contributed by atoms with E-state index >= 15 is 0 Å². The van der Waals surface area contributed by atoms with Crippen molar-refractivity contribution in [2.45, 2.75) is 0 Å². The Morgan fingerprint density at radius 1 is 1.50 bits per heavy atom. The number of hydrogen-bond acceptors (Lipinski definition) is 1. The van der Waals surface area contributed by atoms with Crippen LogP contribution in [0.4, 0.5) is 4.39 Å². The van der Waals surface area contributed by atoms with Crippen molar-refractivity contribution in [3.63, 3.8) is 0 Å². The van der Waals surface area contributed by atoms with Crippen molar-refractivity contribution >= 4 is 11.6 Å². The minimum Gasteiger partial charge on any atom is -0.507 e. The lowest BCUT2D eigenvalue weighted by molar-refractivity contribution is 0.467. The number of aromatic hydroxyl groups is 1. The molecular formula is C9H6ClFO. The highest BCUT2D eigenvalue weighted by Gasteiger charge is 1.97. The molecule has 0 bridgehead atoms. The molecule has 0 heterocycles. The molecule has 0 spiro atoms. The molecule has 1 aromatic rings. The third-order valence-corrected chi connectivity index (χ3v) is 1.38. The van der Waals surface area contributed by atoms with Crippen LogP contribution in [-0.2, 0) is 0 Å². The predicted octanol–water partition coefficient (Wildman–Crippen LogP) is 2.12. The second-order valence-corrected chi connectivity index (χ2v) is 2.36. The van der Waals surface area contributed by atoms with Crippen LogP contribution >= 0.6 is 11.6 Å². The monoisotopic (exact) mass is 184 g/mol. The molecule has 12 heavy (non-hydrogen) atoms. The molecule has 0 aliphatic rings. The van der Waals surface area contributed by atoms with E-state index in [0.717, 1.165) is 6.07 Å². The maximum Gasteiger partial charge on any atom is 0.134 e. The normalized spacial score (nSPS) is 8.83. The maximum atomic E-state index is 12.4. The average molecular weight is 185 g/mol. The molecule has 0 aliphatic heterocycles. The van der Waals surface area contributed by atoms with E-state index in [1.54, 1.807) is 0 Å². The fourth-order valence-corrected chi connectivity index (χ4v) is 0.806. The lowest BCUT2D eigenvalue weighted by atomic mass is 10.2. The first-order chi connectivity index (χ1) is 5.74. The number of rotatable bonds is 0. The van der Waals surface area contributed by atoms with Crippen molar-refractivity contribution in [3.8, 4) is 17.6 Å². The van der Waals surface area contributed by atoms with E-state index in [9.17, 15) is 4.39 Å². The summed E-state index contributed by atoms with van der Waals surface area (Å²) in [7, 11) is 0. The Morgan fingerprint density at radius 2 is 2.25 bits per heavy atom. The van der Waals surface area contributed by atoms with Crippen LogP contribution in [0, 0.1) is 17.7 Å². The predicted molar refractivity (Wildman–Crippen MR) is 45.7 cm³/mol. The van der Waals surface area contributed by atoms with Crippen LogP contribution in [0.25, 0.3) is 0 Å². The molecule has 1 N–H and O–H groups in total. The molecule has 1 aromatic carbocycles. The molecular weight excluding hydrogens is 179 g/mol. The molecule has 0 radical (unpaired) electrons. The van der Waals surface area contributed by atoms with E-state index < -0.39 is 5.82 Å². The third-order valence-electron chi connectivity index (χ3n) is 1.25. The first-order valence-corrected chi connectivity index (χ1v) is 3.81. The summed E-state index contributed by atoms with van der Waals surface area (Å²) < 4.78 is 12.4. The van der Waals surface area contributed by atoms with Gasteiger partial charge in [-0.25, -0.2) is 4.39 Å². The zero-order chi connectivity index (χ0) is 8.97. The molecule has 0 unspecified atom stereocenters. The zero-order valence-corrected chi connectivity index (χ0v) is 6.90. The summed E-state index contributed by atoms with van der Waals surface area (Å²) in [6, 6.07) is 3.65. The smallest absolute Gasteiger partial charge is 0.134 e. The van der Waals surface area contributed by atoms with Crippen LogP contribution in [-0.4, -0.2) is 11.0 Å². The van der Waals surface area contributed by atoms with Gasteiger partial charge in [0, 0.05) is 6.07 Å². The van der Waals surface area contributed by atoms with Crippen molar-refractivity contribution in [2.75, 3.05) is 5.88 Å². The van der Waals surface area contributed by atoms with Gasteiger partial charge in [-0.15, -0.1) is 11.6 Å². The number of alkyl halides is 1. The van der Waals surface area contributed by atoms with Gasteiger partial charge in [-0.1, -0.05) is 11.8 Å². The van der Waals surface area contributed by atoms with Gasteiger partial charge in [-0.2, -0.15) is 0 Å². The van der Waals surface area contributed by atoms with Gasteiger partial charge in [0.25, 0.3) is 0 Å². The molecule has 0 aromatic heterocycles. The first kappa shape index (κ1) is 8.89. The number of phenolic OH excluding ortho intramolecular Hbond substituents is 1. The molecule has 0 saturated carbocycles. The minimum absolute atomic E-state index is 0.160. The fraction of sp³-hybridized carbons (Fsp3) is 0.111. The number of hydrogen-bond donors (Lipinski definition) is 1. The van der Waals surface area contributed by atoms with E-state index in [4.69, 9.17) is 16.7 Å². The van der Waals surface area contributed by atoms with Crippen LogP contribution < -0.4 is 0 Å². The highest BCUT2D eigenvalue weighted by atomic mass is 35.5. The van der Waals surface area contributed by atoms with E-state index in [2.05, 4.69) is 11.8 Å². The Balaban J connectivity index is 3.01. The molecule has 1 nitrogen and oxygen atoms in total. The van der Waals surface area contributed by atoms with Crippen molar-refractivity contribution in [1.82, 2.24) is 0 Å². The van der Waals surface area contributed by atoms with Gasteiger partial charge < -0.3 is 5.11 Å². The minimum atomic E-state index is -0.482. The van der Waals surface area contributed by atoms with E-state index in [0.29, 0.717) is 5.56 Å². The van der Waals surface area contributed by atoms with E-state index in [1.807, 2.05) is 0 Å². The Kier molecular flexibility index (Phi) is 2.95. The summed E-state index contributed by atoms with van der Waals surface area (Å²) >= 11 is 5.31. The lowest BCUT2D eigenvalue weighted by Gasteiger charge is -1.94. The number of halogens is 2. The summed E-state index contributed by atoms with van der Waals surface area (Å²) in [5, 5.41) is 9.13. The lowest BCUT2D eigenvalue weighted by Crippen LogP contribution is -1.79.